The molecule has 0 spiro atoms. The minimum absolute atomic E-state index is 0.115. The van der Waals surface area contributed by atoms with Gasteiger partial charge in [0.25, 0.3) is 0 Å². The molecule has 2 aromatic carbocycles. The molecule has 0 aliphatic carbocycles. The number of fused-ring (bicyclic) bond motifs is 3. The van der Waals surface area contributed by atoms with Crippen molar-refractivity contribution in [1.82, 2.24) is 9.55 Å². The fourth-order valence-electron chi connectivity index (χ4n) is 3.10. The minimum atomic E-state index is -4.84. The molecule has 1 atom stereocenters. The summed E-state index contributed by atoms with van der Waals surface area (Å²) in [7, 11) is 0. The molecule has 3 aromatic rings. The third kappa shape index (κ3) is 3.48. The Balaban J connectivity index is 1.63. The summed E-state index contributed by atoms with van der Waals surface area (Å²) in [4.78, 5) is 29.1. The number of para-hydroxylation sites is 2. The molecule has 144 valence electrons. The molecule has 2 heterocycles. The Labute approximate surface area is 156 Å². The van der Waals surface area contributed by atoms with Crippen molar-refractivity contribution in [3.05, 3.63) is 48.5 Å². The molecule has 7 nitrogen and oxygen atoms in total. The van der Waals surface area contributed by atoms with E-state index in [2.05, 4.69) is 20.4 Å². The van der Waals surface area contributed by atoms with Crippen molar-refractivity contribution >= 4 is 34.5 Å². The monoisotopic (exact) mass is 390 g/mol. The maximum atomic E-state index is 12.8. The van der Waals surface area contributed by atoms with Crippen LogP contribution in [0, 0.1) is 0 Å². The van der Waals surface area contributed by atoms with Gasteiger partial charge in [-0.15, -0.1) is 13.2 Å². The van der Waals surface area contributed by atoms with E-state index in [1.807, 2.05) is 0 Å². The summed E-state index contributed by atoms with van der Waals surface area (Å²) >= 11 is 0. The van der Waals surface area contributed by atoms with E-state index in [1.165, 1.54) is 12.1 Å². The number of hydrogen-bond donors (Lipinski definition) is 2. The molecule has 0 radical (unpaired) electrons. The highest BCUT2D eigenvalue weighted by atomic mass is 19.4. The Hall–Kier alpha value is -3.56. The number of carbonyl (C=O) groups is 2. The van der Waals surface area contributed by atoms with Crippen LogP contribution < -0.4 is 15.4 Å². The number of alkyl halides is 3. The molecule has 4 rings (SSSR count). The average molecular weight is 390 g/mol. The van der Waals surface area contributed by atoms with Gasteiger partial charge < -0.3 is 10.1 Å². The van der Waals surface area contributed by atoms with Gasteiger partial charge >= 0.3 is 6.36 Å². The predicted molar refractivity (Wildman–Crippen MR) is 93.8 cm³/mol. The van der Waals surface area contributed by atoms with E-state index in [0.29, 0.717) is 11.0 Å². The Morgan fingerprint density at radius 3 is 2.79 bits per heavy atom. The first-order valence-electron chi connectivity index (χ1n) is 8.24. The first kappa shape index (κ1) is 17.8. The Kier molecular flexibility index (Phi) is 4.17. The zero-order valence-electron chi connectivity index (χ0n) is 14.2. The molecule has 1 aliphatic rings. The highest BCUT2D eigenvalue weighted by Gasteiger charge is 2.33. The molecule has 0 saturated carbocycles. The summed E-state index contributed by atoms with van der Waals surface area (Å²) < 4.78 is 42.6. The zero-order chi connectivity index (χ0) is 19.9. The van der Waals surface area contributed by atoms with Gasteiger partial charge in [-0.2, -0.15) is 0 Å². The number of nitrogens with one attached hydrogen (secondary N) is 2. The van der Waals surface area contributed by atoms with Crippen LogP contribution in [0.15, 0.2) is 48.5 Å². The quantitative estimate of drug-likeness (QED) is 0.717. The maximum Gasteiger partial charge on any atom is 0.573 e. The second-order valence-corrected chi connectivity index (χ2v) is 6.13. The van der Waals surface area contributed by atoms with Crippen LogP contribution in [-0.4, -0.2) is 27.7 Å². The van der Waals surface area contributed by atoms with Gasteiger partial charge in [-0.05, 0) is 24.3 Å². The van der Waals surface area contributed by atoms with Gasteiger partial charge in [0.2, 0.25) is 17.8 Å². The molecule has 2 N–H and O–H groups in total. The van der Waals surface area contributed by atoms with Gasteiger partial charge in [0, 0.05) is 11.8 Å². The summed E-state index contributed by atoms with van der Waals surface area (Å²) in [5.41, 5.74) is 1.38. The molecule has 2 amide bonds. The van der Waals surface area contributed by atoms with E-state index in [1.54, 1.807) is 28.8 Å². The van der Waals surface area contributed by atoms with Crippen LogP contribution in [0.2, 0.25) is 0 Å². The van der Waals surface area contributed by atoms with Gasteiger partial charge in [-0.1, -0.05) is 18.2 Å². The van der Waals surface area contributed by atoms with Gasteiger partial charge in [0.15, 0.2) is 0 Å². The molecule has 1 aliphatic heterocycles. The molecule has 0 saturated heterocycles. The van der Waals surface area contributed by atoms with Gasteiger partial charge in [-0.3, -0.25) is 19.5 Å². The molecule has 1 aromatic heterocycles. The van der Waals surface area contributed by atoms with Crippen LogP contribution in [0.4, 0.5) is 24.8 Å². The van der Waals surface area contributed by atoms with Crippen LogP contribution in [-0.2, 0) is 9.59 Å². The lowest BCUT2D eigenvalue weighted by molar-refractivity contribution is -0.274. The molecule has 28 heavy (non-hydrogen) atoms. The van der Waals surface area contributed by atoms with Crippen LogP contribution in [0.25, 0.3) is 11.0 Å². The minimum Gasteiger partial charge on any atom is -0.406 e. The number of halogens is 3. The number of ether oxygens (including phenoxy) is 1. The molecule has 10 heteroatoms. The van der Waals surface area contributed by atoms with Crippen LogP contribution in [0.1, 0.15) is 12.5 Å². The number of aromatic nitrogens is 2. The third-order valence-corrected chi connectivity index (χ3v) is 4.18. The second kappa shape index (κ2) is 6.55. The maximum absolute atomic E-state index is 12.8. The van der Waals surface area contributed by atoms with E-state index in [0.717, 1.165) is 12.1 Å². The van der Waals surface area contributed by atoms with Crippen LogP contribution in [0.5, 0.6) is 5.75 Å². The summed E-state index contributed by atoms with van der Waals surface area (Å²) in [6.07, 6.45) is -4.97. The number of imidazole rings is 1. The Morgan fingerprint density at radius 1 is 1.21 bits per heavy atom. The van der Waals surface area contributed by atoms with E-state index in [-0.39, 0.29) is 24.0 Å². The number of rotatable bonds is 3. The van der Waals surface area contributed by atoms with E-state index >= 15 is 0 Å². The first-order valence-corrected chi connectivity index (χ1v) is 8.24. The zero-order valence-corrected chi connectivity index (χ0v) is 14.2. The fourth-order valence-corrected chi connectivity index (χ4v) is 3.10. The lowest BCUT2D eigenvalue weighted by Crippen LogP contribution is -2.35. The van der Waals surface area contributed by atoms with Crippen molar-refractivity contribution in [2.45, 2.75) is 18.8 Å². The van der Waals surface area contributed by atoms with Crippen molar-refractivity contribution in [3.8, 4) is 5.75 Å². The smallest absolute Gasteiger partial charge is 0.406 e. The van der Waals surface area contributed by atoms with Crippen molar-refractivity contribution in [3.63, 3.8) is 0 Å². The highest BCUT2D eigenvalue weighted by Crippen LogP contribution is 2.31. The van der Waals surface area contributed by atoms with Crippen molar-refractivity contribution in [1.29, 1.82) is 0 Å². The van der Waals surface area contributed by atoms with Crippen molar-refractivity contribution in [2.24, 2.45) is 0 Å². The Morgan fingerprint density at radius 2 is 2.00 bits per heavy atom. The van der Waals surface area contributed by atoms with E-state index in [9.17, 15) is 22.8 Å². The number of carbonyl (C=O) groups excluding carboxylic acids is 2. The molecule has 1 unspecified atom stereocenters. The van der Waals surface area contributed by atoms with Crippen LogP contribution in [0.3, 0.4) is 0 Å². The van der Waals surface area contributed by atoms with Gasteiger partial charge in [0.1, 0.15) is 11.8 Å². The predicted octanol–water partition coefficient (Wildman–Crippen LogP) is 3.46. The number of hydrogen-bond acceptors (Lipinski definition) is 4. The van der Waals surface area contributed by atoms with E-state index < -0.39 is 24.1 Å². The normalized spacial score (nSPS) is 16.4. The summed E-state index contributed by atoms with van der Waals surface area (Å²) in [5, 5.41) is 5.16. The van der Waals surface area contributed by atoms with Crippen molar-refractivity contribution in [2.75, 3.05) is 10.6 Å². The lowest BCUT2D eigenvalue weighted by Gasteiger charge is -2.25. The number of benzene rings is 2. The molecule has 0 bridgehead atoms. The van der Waals surface area contributed by atoms with Gasteiger partial charge in [0.05, 0.1) is 17.5 Å². The standard InChI is InChI=1S/C18H13F3N4O3/c19-18(20,21)28-11-5-3-4-10(8-11)22-16(27)14-9-15(26)24-17-23-12-6-1-2-7-13(12)25(14)17/h1-8,14H,9H2,(H,22,27)(H,23,24,26). The SMILES string of the molecule is O=C1CC(C(=O)Nc2cccc(OC(F)(F)F)c2)n2c(nc3ccccc32)N1. The lowest BCUT2D eigenvalue weighted by atomic mass is 10.1. The average Bonchev–Trinajstić information content (AvgIpc) is 2.97. The largest absolute Gasteiger partial charge is 0.573 e. The topological polar surface area (TPSA) is 85.2 Å². The number of anilines is 2. The first-order chi connectivity index (χ1) is 13.3. The Bertz CT molecular complexity index is 1080. The van der Waals surface area contributed by atoms with Crippen molar-refractivity contribution < 1.29 is 27.5 Å². The number of amides is 2. The second-order valence-electron chi connectivity index (χ2n) is 6.13. The van der Waals surface area contributed by atoms with Crippen LogP contribution >= 0.6 is 0 Å². The summed E-state index contributed by atoms with van der Waals surface area (Å²) in [6, 6.07) is 11.1. The van der Waals surface area contributed by atoms with E-state index in [4.69, 9.17) is 0 Å². The fraction of sp³-hybridized carbons (Fsp3) is 0.167. The molecular formula is C18H13F3N4O3. The van der Waals surface area contributed by atoms with Gasteiger partial charge in [-0.25, -0.2) is 4.98 Å². The summed E-state index contributed by atoms with van der Waals surface area (Å²) in [5.74, 6) is -1.15. The molecule has 0 fully saturated rings. The molecular weight excluding hydrogens is 377 g/mol. The summed E-state index contributed by atoms with van der Waals surface area (Å²) in [6.45, 7) is 0. The third-order valence-electron chi connectivity index (χ3n) is 4.18. The number of nitrogens with zero attached hydrogens (tertiary/aromatic N) is 2. The highest BCUT2D eigenvalue weighted by molar-refractivity contribution is 6.03.